The van der Waals surface area contributed by atoms with Crippen LogP contribution in [0.2, 0.25) is 5.02 Å². The maximum absolute atomic E-state index is 12.8. The largest absolute Gasteiger partial charge is 0.405 e. The Morgan fingerprint density at radius 2 is 1.42 bits per heavy atom. The average Bonchev–Trinajstić information content (AvgIpc) is 3.03. The van der Waals surface area contributed by atoms with Crippen LogP contribution in [0.25, 0.3) is 0 Å². The number of nitrogens with one attached hydrogen (secondary N) is 3. The third-order valence-corrected chi connectivity index (χ3v) is 6.94. The number of hydrogen-bond acceptors (Lipinski definition) is 4. The van der Waals surface area contributed by atoms with Crippen molar-refractivity contribution < 1.29 is 41.1 Å². The summed E-state index contributed by atoms with van der Waals surface area (Å²) in [6.45, 7) is 3.15. The van der Waals surface area contributed by atoms with Gasteiger partial charge < -0.3 is 16.0 Å². The number of halogens is 7. The first-order valence-corrected chi connectivity index (χ1v) is 16.0. The summed E-state index contributed by atoms with van der Waals surface area (Å²) in [4.78, 5) is 43.8. The zero-order valence-electron chi connectivity index (χ0n) is 26.6. The van der Waals surface area contributed by atoms with Crippen LogP contribution in [-0.2, 0) is 25.6 Å². The molecule has 48 heavy (non-hydrogen) atoms. The van der Waals surface area contributed by atoms with Crippen molar-refractivity contribution in [3.05, 3.63) is 105 Å². The fourth-order valence-electron chi connectivity index (χ4n) is 4.02. The number of carbonyl (C=O) groups is 4. The minimum absolute atomic E-state index is 0.0250. The van der Waals surface area contributed by atoms with E-state index in [0.717, 1.165) is 37.9 Å². The van der Waals surface area contributed by atoms with Crippen LogP contribution in [0.5, 0.6) is 0 Å². The molecule has 2 unspecified atom stereocenters. The van der Waals surface area contributed by atoms with Gasteiger partial charge in [-0.05, 0) is 54.3 Å². The van der Waals surface area contributed by atoms with E-state index in [4.69, 9.17) is 11.6 Å². The number of ketones is 1. The molecule has 3 rings (SSSR count). The molecule has 0 bridgehead atoms. The number of alkyl halides is 5. The molecule has 14 heteroatoms. The molecule has 262 valence electrons. The lowest BCUT2D eigenvalue weighted by Crippen LogP contribution is -2.50. The molecule has 7 nitrogen and oxygen atoms in total. The Morgan fingerprint density at radius 1 is 0.875 bits per heavy atom. The molecule has 0 saturated heterocycles. The Bertz CT molecular complexity index is 1430. The van der Waals surface area contributed by atoms with Gasteiger partial charge in [-0.25, -0.2) is 0 Å². The molecule has 0 aromatic heterocycles. The van der Waals surface area contributed by atoms with E-state index in [9.17, 15) is 41.1 Å². The molecular formula is C34H38BrClF5N3O4. The van der Waals surface area contributed by atoms with Crippen LogP contribution in [0, 0.1) is 0 Å². The van der Waals surface area contributed by atoms with E-state index in [1.54, 1.807) is 5.32 Å². The highest BCUT2D eigenvalue weighted by Crippen LogP contribution is 2.29. The molecule has 0 spiro atoms. The van der Waals surface area contributed by atoms with Gasteiger partial charge in [-0.3, -0.25) is 19.2 Å². The molecule has 3 amide bonds. The van der Waals surface area contributed by atoms with Gasteiger partial charge in [0.2, 0.25) is 18.1 Å². The number of rotatable bonds is 13. The molecular weight excluding hydrogens is 725 g/mol. The highest BCUT2D eigenvalue weighted by atomic mass is 79.9. The fourth-order valence-corrected chi connectivity index (χ4v) is 4.41. The first-order chi connectivity index (χ1) is 22.5. The fraction of sp³-hybridized carbons (Fsp3) is 0.353. The summed E-state index contributed by atoms with van der Waals surface area (Å²) in [5.74, 6) is -8.92. The van der Waals surface area contributed by atoms with Crippen molar-refractivity contribution in [3.63, 3.8) is 0 Å². The Hall–Kier alpha value is -3.84. The summed E-state index contributed by atoms with van der Waals surface area (Å²) in [5.41, 5.74) is 3.44. The van der Waals surface area contributed by atoms with Crippen LogP contribution >= 0.6 is 27.5 Å². The summed E-state index contributed by atoms with van der Waals surface area (Å²) < 4.78 is 61.5. The second kappa shape index (κ2) is 21.2. The van der Waals surface area contributed by atoms with Gasteiger partial charge in [0.1, 0.15) is 6.54 Å². The highest BCUT2D eigenvalue weighted by molar-refractivity contribution is 9.10. The highest BCUT2D eigenvalue weighted by Gasteiger charge is 2.47. The lowest BCUT2D eigenvalue weighted by atomic mass is 9.88. The van der Waals surface area contributed by atoms with Crippen molar-refractivity contribution in [3.8, 4) is 0 Å². The number of benzene rings is 3. The SMILES string of the molecule is CC(Cc1ccc(Cl)cc1)NC(=O)CC(c1ccccc1)c1ccc(Br)cc1.CCC.O=CNCC(=O)C(F)(F)C(=O)NCC(F)(F)F. The lowest BCUT2D eigenvalue weighted by Gasteiger charge is -2.20. The van der Waals surface area contributed by atoms with Gasteiger partial charge in [-0.15, -0.1) is 0 Å². The molecule has 0 aliphatic carbocycles. The van der Waals surface area contributed by atoms with Gasteiger partial charge in [0.15, 0.2) is 0 Å². The van der Waals surface area contributed by atoms with Crippen LogP contribution in [-0.4, -0.2) is 55.2 Å². The van der Waals surface area contributed by atoms with Crippen molar-refractivity contribution in [2.45, 2.75) is 64.1 Å². The molecule has 0 heterocycles. The summed E-state index contributed by atoms with van der Waals surface area (Å²) in [6, 6.07) is 26.2. The van der Waals surface area contributed by atoms with E-state index < -0.39 is 36.9 Å². The molecule has 2 atom stereocenters. The van der Waals surface area contributed by atoms with Gasteiger partial charge in [0.25, 0.3) is 5.91 Å². The number of carbonyl (C=O) groups excluding carboxylic acids is 4. The number of amides is 3. The quantitative estimate of drug-likeness (QED) is 0.0960. The smallest absolute Gasteiger partial charge is 0.353 e. The number of hydrogen-bond donors (Lipinski definition) is 3. The molecule has 0 fully saturated rings. The van der Waals surface area contributed by atoms with Crippen LogP contribution in [0.1, 0.15) is 56.2 Å². The van der Waals surface area contributed by atoms with E-state index in [1.807, 2.05) is 61.5 Å². The second-order valence-corrected chi connectivity index (χ2v) is 11.9. The topological polar surface area (TPSA) is 104 Å². The van der Waals surface area contributed by atoms with Crippen molar-refractivity contribution in [1.82, 2.24) is 16.0 Å². The lowest BCUT2D eigenvalue weighted by molar-refractivity contribution is -0.163. The Labute approximate surface area is 290 Å². The first kappa shape index (κ1) is 42.2. The summed E-state index contributed by atoms with van der Waals surface area (Å²) in [6.07, 6.45) is -2.49. The van der Waals surface area contributed by atoms with Crippen LogP contribution in [0.3, 0.4) is 0 Å². The molecule has 0 radical (unpaired) electrons. The first-order valence-electron chi connectivity index (χ1n) is 14.8. The van der Waals surface area contributed by atoms with Gasteiger partial charge >= 0.3 is 12.1 Å². The van der Waals surface area contributed by atoms with Crippen molar-refractivity contribution in [1.29, 1.82) is 0 Å². The predicted octanol–water partition coefficient (Wildman–Crippen LogP) is 7.40. The number of Topliss-reactive ketones (excluding diaryl/α,β-unsaturated/α-hetero) is 1. The van der Waals surface area contributed by atoms with Gasteiger partial charge in [-0.1, -0.05) is 102 Å². The van der Waals surface area contributed by atoms with Gasteiger partial charge in [0, 0.05) is 27.9 Å². The molecule has 3 aromatic carbocycles. The van der Waals surface area contributed by atoms with Crippen molar-refractivity contribution in [2.24, 2.45) is 0 Å². The second-order valence-electron chi connectivity index (χ2n) is 10.5. The Balaban J connectivity index is 0.000000495. The molecule has 0 saturated carbocycles. The summed E-state index contributed by atoms with van der Waals surface area (Å²) in [5, 5.41) is 6.30. The predicted molar refractivity (Wildman–Crippen MR) is 179 cm³/mol. The Kier molecular flexibility index (Phi) is 18.6. The van der Waals surface area contributed by atoms with Gasteiger partial charge in [0.05, 0.1) is 6.54 Å². The average molecular weight is 763 g/mol. The maximum atomic E-state index is 12.8. The zero-order valence-corrected chi connectivity index (χ0v) is 28.9. The van der Waals surface area contributed by atoms with E-state index in [-0.39, 0.29) is 24.3 Å². The van der Waals surface area contributed by atoms with E-state index in [2.05, 4.69) is 59.4 Å². The molecule has 3 N–H and O–H groups in total. The van der Waals surface area contributed by atoms with Crippen molar-refractivity contribution in [2.75, 3.05) is 13.1 Å². The van der Waals surface area contributed by atoms with Crippen LogP contribution in [0.15, 0.2) is 83.3 Å². The van der Waals surface area contributed by atoms with E-state index >= 15 is 0 Å². The van der Waals surface area contributed by atoms with Gasteiger partial charge in [-0.2, -0.15) is 22.0 Å². The minimum Gasteiger partial charge on any atom is -0.353 e. The van der Waals surface area contributed by atoms with Crippen LogP contribution in [0.4, 0.5) is 22.0 Å². The third kappa shape index (κ3) is 16.3. The normalized spacial score (nSPS) is 12.1. The molecule has 3 aromatic rings. The van der Waals surface area contributed by atoms with Crippen molar-refractivity contribution >= 4 is 51.5 Å². The zero-order chi connectivity index (χ0) is 36.3. The molecule has 0 aliphatic heterocycles. The van der Waals surface area contributed by atoms with E-state index in [1.165, 1.54) is 6.42 Å². The monoisotopic (exact) mass is 761 g/mol. The maximum Gasteiger partial charge on any atom is 0.405 e. The minimum atomic E-state index is -4.87. The standard InChI is InChI=1S/C24H23BrClNO.C7H7F5N2O3.C3H8/c1-17(15-18-7-13-22(26)14-8-18)27-24(28)16-23(19-5-3-2-4-6-19)20-9-11-21(25)12-10-20;8-6(9,10)2-14-5(17)7(11,12)4(16)1-13-3-15;1-3-2/h2-14,17,23H,15-16H2,1H3,(H,27,28);3H,1-2H2,(H,13,15)(H,14,17);3H2,1-2H3. The third-order valence-electron chi connectivity index (χ3n) is 6.16. The molecule has 0 aliphatic rings. The van der Waals surface area contributed by atoms with E-state index in [0.29, 0.717) is 6.42 Å². The summed E-state index contributed by atoms with van der Waals surface area (Å²) >= 11 is 9.43. The van der Waals surface area contributed by atoms with Crippen LogP contribution < -0.4 is 16.0 Å². The summed E-state index contributed by atoms with van der Waals surface area (Å²) in [7, 11) is 0. The Morgan fingerprint density at radius 3 is 1.94 bits per heavy atom.